The quantitative estimate of drug-likeness (QED) is 0.820. The maximum Gasteiger partial charge on any atom is 0.0640 e. The third kappa shape index (κ3) is 2.47. The first kappa shape index (κ1) is 13.2. The van der Waals surface area contributed by atoms with Crippen molar-refractivity contribution in [1.82, 2.24) is 0 Å². The highest BCUT2D eigenvalue weighted by Crippen LogP contribution is 2.49. The number of benzene rings is 1. The second kappa shape index (κ2) is 4.79. The summed E-state index contributed by atoms with van der Waals surface area (Å²) in [4.78, 5) is 0. The zero-order valence-corrected chi connectivity index (χ0v) is 11.9. The molecule has 0 heterocycles. The van der Waals surface area contributed by atoms with Gasteiger partial charge in [0.1, 0.15) is 0 Å². The van der Waals surface area contributed by atoms with Crippen LogP contribution in [0.15, 0.2) is 18.2 Å². The zero-order valence-electron chi connectivity index (χ0n) is 10.3. The predicted molar refractivity (Wildman–Crippen MR) is 74.5 cm³/mol. The zero-order chi connectivity index (χ0) is 12.6. The van der Waals surface area contributed by atoms with Crippen LogP contribution in [0.3, 0.4) is 0 Å². The van der Waals surface area contributed by atoms with Gasteiger partial charge < -0.3 is 5.73 Å². The summed E-state index contributed by atoms with van der Waals surface area (Å²) in [5, 5.41) is 1.21. The standard InChI is InChI=1S/C14H19Cl2N/c1-14(2)8-4-6-10(14)13(17)9-5-3-7-11(15)12(9)16/h3,5,7,10,13H,4,6,8,17H2,1-2H3. The largest absolute Gasteiger partial charge is 0.324 e. The van der Waals surface area contributed by atoms with Gasteiger partial charge in [0.2, 0.25) is 0 Å². The van der Waals surface area contributed by atoms with Crippen LogP contribution in [0, 0.1) is 11.3 Å². The molecule has 0 amide bonds. The van der Waals surface area contributed by atoms with E-state index in [1.807, 2.05) is 12.1 Å². The Labute approximate surface area is 113 Å². The number of hydrogen-bond acceptors (Lipinski definition) is 1. The van der Waals surface area contributed by atoms with E-state index in [9.17, 15) is 0 Å². The molecule has 1 aliphatic rings. The van der Waals surface area contributed by atoms with E-state index in [1.54, 1.807) is 6.07 Å². The highest BCUT2D eigenvalue weighted by Gasteiger charge is 2.39. The lowest BCUT2D eigenvalue weighted by atomic mass is 9.76. The normalized spacial score (nSPS) is 24.9. The monoisotopic (exact) mass is 271 g/mol. The van der Waals surface area contributed by atoms with Gasteiger partial charge in [0.25, 0.3) is 0 Å². The van der Waals surface area contributed by atoms with Crippen molar-refractivity contribution in [2.45, 2.75) is 39.2 Å². The fourth-order valence-corrected chi connectivity index (χ4v) is 3.45. The minimum Gasteiger partial charge on any atom is -0.324 e. The van der Waals surface area contributed by atoms with Crippen molar-refractivity contribution in [3.63, 3.8) is 0 Å². The van der Waals surface area contributed by atoms with E-state index in [-0.39, 0.29) is 6.04 Å². The molecule has 2 unspecified atom stereocenters. The molecule has 3 heteroatoms. The van der Waals surface area contributed by atoms with Gasteiger partial charge in [-0.2, -0.15) is 0 Å². The number of nitrogens with two attached hydrogens (primary N) is 1. The average molecular weight is 272 g/mol. The molecule has 94 valence electrons. The maximum absolute atomic E-state index is 6.40. The Morgan fingerprint density at radius 3 is 2.65 bits per heavy atom. The molecule has 1 aromatic rings. The van der Waals surface area contributed by atoms with E-state index < -0.39 is 0 Å². The van der Waals surface area contributed by atoms with Crippen molar-refractivity contribution in [3.05, 3.63) is 33.8 Å². The van der Waals surface area contributed by atoms with Gasteiger partial charge in [0, 0.05) is 6.04 Å². The second-order valence-corrected chi connectivity index (χ2v) is 6.44. The SMILES string of the molecule is CC1(C)CCCC1C(N)c1cccc(Cl)c1Cl. The van der Waals surface area contributed by atoms with Crippen LogP contribution in [-0.2, 0) is 0 Å². The van der Waals surface area contributed by atoms with Crippen molar-refractivity contribution >= 4 is 23.2 Å². The molecule has 2 atom stereocenters. The van der Waals surface area contributed by atoms with Gasteiger partial charge >= 0.3 is 0 Å². The lowest BCUT2D eigenvalue weighted by molar-refractivity contribution is 0.222. The molecule has 0 bridgehead atoms. The van der Waals surface area contributed by atoms with Crippen LogP contribution in [0.4, 0.5) is 0 Å². The molecule has 0 saturated heterocycles. The van der Waals surface area contributed by atoms with Gasteiger partial charge in [-0.3, -0.25) is 0 Å². The van der Waals surface area contributed by atoms with E-state index in [0.29, 0.717) is 21.4 Å². The van der Waals surface area contributed by atoms with E-state index in [4.69, 9.17) is 28.9 Å². The van der Waals surface area contributed by atoms with E-state index in [1.165, 1.54) is 19.3 Å². The summed E-state index contributed by atoms with van der Waals surface area (Å²) in [6, 6.07) is 5.71. The number of hydrogen-bond donors (Lipinski definition) is 1. The van der Waals surface area contributed by atoms with Gasteiger partial charge in [0.15, 0.2) is 0 Å². The van der Waals surface area contributed by atoms with Crippen LogP contribution in [0.2, 0.25) is 10.0 Å². The molecule has 1 fully saturated rings. The Balaban J connectivity index is 2.31. The Morgan fingerprint density at radius 2 is 2.06 bits per heavy atom. The van der Waals surface area contributed by atoms with Gasteiger partial charge in [0.05, 0.1) is 10.0 Å². The Bertz CT molecular complexity index is 415. The fraction of sp³-hybridized carbons (Fsp3) is 0.571. The minimum atomic E-state index is -0.0151. The first-order chi connectivity index (χ1) is 7.93. The van der Waals surface area contributed by atoms with Crippen LogP contribution < -0.4 is 5.73 Å². The van der Waals surface area contributed by atoms with Crippen molar-refractivity contribution in [2.75, 3.05) is 0 Å². The first-order valence-electron chi connectivity index (χ1n) is 6.13. The molecule has 0 aliphatic heterocycles. The minimum absolute atomic E-state index is 0.0151. The van der Waals surface area contributed by atoms with Crippen LogP contribution >= 0.6 is 23.2 Å². The van der Waals surface area contributed by atoms with Gasteiger partial charge in [-0.1, -0.05) is 55.6 Å². The summed E-state index contributed by atoms with van der Waals surface area (Å²) in [6.07, 6.45) is 3.67. The summed E-state index contributed by atoms with van der Waals surface area (Å²) in [6.45, 7) is 4.59. The molecule has 2 rings (SSSR count). The molecule has 2 N–H and O–H groups in total. The summed E-state index contributed by atoms with van der Waals surface area (Å²) < 4.78 is 0. The Kier molecular flexibility index (Phi) is 3.72. The lowest BCUT2D eigenvalue weighted by Gasteiger charge is -2.32. The Hall–Kier alpha value is -0.240. The summed E-state index contributed by atoms with van der Waals surface area (Å²) in [5.41, 5.74) is 7.68. The third-order valence-electron chi connectivity index (χ3n) is 4.11. The van der Waals surface area contributed by atoms with E-state index >= 15 is 0 Å². The molecule has 17 heavy (non-hydrogen) atoms. The van der Waals surface area contributed by atoms with Crippen LogP contribution in [0.25, 0.3) is 0 Å². The van der Waals surface area contributed by atoms with Crippen molar-refractivity contribution < 1.29 is 0 Å². The van der Waals surface area contributed by atoms with Crippen molar-refractivity contribution in [1.29, 1.82) is 0 Å². The highest BCUT2D eigenvalue weighted by molar-refractivity contribution is 6.42. The molecule has 1 aliphatic carbocycles. The number of rotatable bonds is 2. The maximum atomic E-state index is 6.40. The van der Waals surface area contributed by atoms with E-state index in [0.717, 1.165) is 5.56 Å². The molecular weight excluding hydrogens is 253 g/mol. The molecule has 1 saturated carbocycles. The van der Waals surface area contributed by atoms with Gasteiger partial charge in [-0.15, -0.1) is 0 Å². The summed E-state index contributed by atoms with van der Waals surface area (Å²) in [5.74, 6) is 0.485. The molecule has 0 aromatic heterocycles. The van der Waals surface area contributed by atoms with Crippen molar-refractivity contribution in [3.8, 4) is 0 Å². The van der Waals surface area contributed by atoms with Crippen molar-refractivity contribution in [2.24, 2.45) is 17.1 Å². The smallest absolute Gasteiger partial charge is 0.0640 e. The Morgan fingerprint density at radius 1 is 1.35 bits per heavy atom. The molecule has 1 aromatic carbocycles. The topological polar surface area (TPSA) is 26.0 Å². The summed E-state index contributed by atoms with van der Waals surface area (Å²) >= 11 is 12.3. The van der Waals surface area contributed by atoms with Crippen LogP contribution in [-0.4, -0.2) is 0 Å². The predicted octanol–water partition coefficient (Wildman–Crippen LogP) is 4.82. The molecular formula is C14H19Cl2N. The number of halogens is 2. The second-order valence-electron chi connectivity index (χ2n) is 5.66. The van der Waals surface area contributed by atoms with Gasteiger partial charge in [-0.25, -0.2) is 0 Å². The van der Waals surface area contributed by atoms with E-state index in [2.05, 4.69) is 13.8 Å². The van der Waals surface area contributed by atoms with Crippen LogP contribution in [0.5, 0.6) is 0 Å². The lowest BCUT2D eigenvalue weighted by Crippen LogP contribution is -2.29. The summed E-state index contributed by atoms with van der Waals surface area (Å²) in [7, 11) is 0. The molecule has 0 radical (unpaired) electrons. The van der Waals surface area contributed by atoms with Gasteiger partial charge in [-0.05, 0) is 35.8 Å². The highest BCUT2D eigenvalue weighted by atomic mass is 35.5. The molecule has 1 nitrogen and oxygen atoms in total. The average Bonchev–Trinajstić information content (AvgIpc) is 2.61. The third-order valence-corrected chi connectivity index (χ3v) is 4.95. The molecule has 0 spiro atoms. The van der Waals surface area contributed by atoms with Crippen LogP contribution in [0.1, 0.15) is 44.7 Å². The first-order valence-corrected chi connectivity index (χ1v) is 6.88. The fourth-order valence-electron chi connectivity index (χ4n) is 3.01.